The Morgan fingerprint density at radius 1 is 1.47 bits per heavy atom. The number of nitrogens with zero attached hydrogens (tertiary/aromatic N) is 1. The Morgan fingerprint density at radius 2 is 2.16 bits per heavy atom. The van der Waals surface area contributed by atoms with E-state index in [0.29, 0.717) is 5.88 Å². The van der Waals surface area contributed by atoms with Crippen LogP contribution in [0.2, 0.25) is 0 Å². The molecule has 3 nitrogen and oxygen atoms in total. The van der Waals surface area contributed by atoms with Gasteiger partial charge in [-0.15, -0.1) is 11.6 Å². The second-order valence-electron chi connectivity index (χ2n) is 5.02. The highest BCUT2D eigenvalue weighted by Gasteiger charge is 2.31. The highest BCUT2D eigenvalue weighted by molar-refractivity contribution is 6.19. The first-order valence-corrected chi connectivity index (χ1v) is 7.21. The van der Waals surface area contributed by atoms with Crippen LogP contribution in [0.25, 0.3) is 0 Å². The maximum absolute atomic E-state index is 12.3. The van der Waals surface area contributed by atoms with E-state index in [4.69, 9.17) is 16.3 Å². The Kier molecular flexibility index (Phi) is 4.70. The van der Waals surface area contributed by atoms with Gasteiger partial charge in [0.15, 0.2) is 0 Å². The molecule has 0 saturated carbocycles. The molecule has 1 amide bonds. The van der Waals surface area contributed by atoms with Crippen LogP contribution in [0.3, 0.4) is 0 Å². The van der Waals surface area contributed by atoms with Crippen molar-refractivity contribution in [1.29, 1.82) is 0 Å². The van der Waals surface area contributed by atoms with Crippen LogP contribution >= 0.6 is 11.6 Å². The van der Waals surface area contributed by atoms with Crippen molar-refractivity contribution in [1.82, 2.24) is 4.90 Å². The second kappa shape index (κ2) is 6.29. The molecule has 0 spiro atoms. The lowest BCUT2D eigenvalue weighted by Gasteiger charge is -2.27. The number of alkyl halides is 1. The molecule has 1 aliphatic heterocycles. The number of ether oxygens (including phenoxy) is 1. The zero-order valence-electron chi connectivity index (χ0n) is 11.4. The fourth-order valence-electron chi connectivity index (χ4n) is 2.55. The summed E-state index contributed by atoms with van der Waals surface area (Å²) >= 11 is 5.79. The molecule has 2 unspecified atom stereocenters. The molecule has 1 aromatic carbocycles. The van der Waals surface area contributed by atoms with E-state index in [2.05, 4.69) is 0 Å². The maximum atomic E-state index is 12.3. The molecular weight excluding hydrogens is 262 g/mol. The first-order valence-electron chi connectivity index (χ1n) is 6.67. The molecule has 2 atom stereocenters. The lowest BCUT2D eigenvalue weighted by atomic mass is 10.0. The normalized spacial score (nSPS) is 20.4. The maximum Gasteiger partial charge on any atom is 0.227 e. The summed E-state index contributed by atoms with van der Waals surface area (Å²) in [6.07, 6.45) is 2.07. The summed E-state index contributed by atoms with van der Waals surface area (Å²) in [6.45, 7) is 2.72. The second-order valence-corrected chi connectivity index (χ2v) is 5.33. The van der Waals surface area contributed by atoms with Crippen LogP contribution in [0.5, 0.6) is 5.75 Å². The number of hydrogen-bond acceptors (Lipinski definition) is 2. The van der Waals surface area contributed by atoms with Crippen molar-refractivity contribution in [3.8, 4) is 5.75 Å². The number of methoxy groups -OCH3 is 1. The van der Waals surface area contributed by atoms with E-state index in [1.807, 2.05) is 36.1 Å². The Hall–Kier alpha value is -1.22. The van der Waals surface area contributed by atoms with Crippen LogP contribution in [0.1, 0.15) is 31.4 Å². The summed E-state index contributed by atoms with van der Waals surface area (Å²) < 4.78 is 5.16. The smallest absolute Gasteiger partial charge is 0.227 e. The van der Waals surface area contributed by atoms with Gasteiger partial charge in [0.2, 0.25) is 5.91 Å². The van der Waals surface area contributed by atoms with Crippen molar-refractivity contribution in [2.45, 2.75) is 25.8 Å². The minimum atomic E-state index is -0.111. The van der Waals surface area contributed by atoms with Gasteiger partial charge in [-0.2, -0.15) is 0 Å². The Morgan fingerprint density at radius 3 is 2.74 bits per heavy atom. The van der Waals surface area contributed by atoms with Crippen LogP contribution in [0.4, 0.5) is 0 Å². The molecule has 1 heterocycles. The van der Waals surface area contributed by atoms with E-state index in [0.717, 1.165) is 25.1 Å². The van der Waals surface area contributed by atoms with Crippen LogP contribution in [-0.4, -0.2) is 30.3 Å². The standard InChI is InChI=1S/C15H20ClNO2/c1-11(10-16)15(18)17-9-3-4-14(17)12-5-7-13(19-2)8-6-12/h5-8,11,14H,3-4,9-10H2,1-2H3. The van der Waals surface area contributed by atoms with Gasteiger partial charge in [0.05, 0.1) is 13.2 Å². The Labute approximate surface area is 119 Å². The number of carbonyl (C=O) groups excluding carboxylic acids is 1. The summed E-state index contributed by atoms with van der Waals surface area (Å²) in [5.41, 5.74) is 1.17. The molecular formula is C15H20ClNO2. The summed E-state index contributed by atoms with van der Waals surface area (Å²) in [5, 5.41) is 0. The van der Waals surface area contributed by atoms with E-state index >= 15 is 0 Å². The first kappa shape index (κ1) is 14.2. The van der Waals surface area contributed by atoms with E-state index in [1.54, 1.807) is 7.11 Å². The zero-order chi connectivity index (χ0) is 13.8. The van der Waals surface area contributed by atoms with Gasteiger partial charge in [-0.1, -0.05) is 19.1 Å². The Bertz CT molecular complexity index is 432. The monoisotopic (exact) mass is 281 g/mol. The average Bonchev–Trinajstić information content (AvgIpc) is 2.95. The molecule has 104 valence electrons. The number of benzene rings is 1. The van der Waals surface area contributed by atoms with E-state index in [1.165, 1.54) is 5.56 Å². The number of amides is 1. The molecule has 0 aromatic heterocycles. The van der Waals surface area contributed by atoms with E-state index in [9.17, 15) is 4.79 Å². The summed E-state index contributed by atoms with van der Waals surface area (Å²) in [4.78, 5) is 14.3. The van der Waals surface area contributed by atoms with Crippen LogP contribution in [0.15, 0.2) is 24.3 Å². The topological polar surface area (TPSA) is 29.5 Å². The number of rotatable bonds is 4. The molecule has 0 aliphatic carbocycles. The fraction of sp³-hybridized carbons (Fsp3) is 0.533. The van der Waals surface area contributed by atoms with Crippen LogP contribution in [-0.2, 0) is 4.79 Å². The van der Waals surface area contributed by atoms with Gasteiger partial charge in [0.25, 0.3) is 0 Å². The molecule has 1 aromatic rings. The number of carbonyl (C=O) groups is 1. The van der Waals surface area contributed by atoms with Crippen LogP contribution in [0, 0.1) is 5.92 Å². The highest BCUT2D eigenvalue weighted by Crippen LogP contribution is 2.33. The first-order chi connectivity index (χ1) is 9.17. The molecule has 19 heavy (non-hydrogen) atoms. The highest BCUT2D eigenvalue weighted by atomic mass is 35.5. The zero-order valence-corrected chi connectivity index (χ0v) is 12.2. The lowest BCUT2D eigenvalue weighted by Crippen LogP contribution is -2.35. The molecule has 0 bridgehead atoms. The molecule has 4 heteroatoms. The van der Waals surface area contributed by atoms with Gasteiger partial charge in [0, 0.05) is 18.3 Å². The van der Waals surface area contributed by atoms with Crippen LogP contribution < -0.4 is 4.74 Å². The molecule has 1 fully saturated rings. The van der Waals surface area contributed by atoms with E-state index < -0.39 is 0 Å². The van der Waals surface area contributed by atoms with Gasteiger partial charge < -0.3 is 9.64 Å². The third kappa shape index (κ3) is 3.03. The predicted molar refractivity (Wildman–Crippen MR) is 76.6 cm³/mol. The van der Waals surface area contributed by atoms with Crippen molar-refractivity contribution >= 4 is 17.5 Å². The van der Waals surface area contributed by atoms with Crippen molar-refractivity contribution < 1.29 is 9.53 Å². The van der Waals surface area contributed by atoms with Gasteiger partial charge >= 0.3 is 0 Å². The molecule has 1 saturated heterocycles. The summed E-state index contributed by atoms with van der Waals surface area (Å²) in [7, 11) is 1.66. The number of hydrogen-bond donors (Lipinski definition) is 0. The van der Waals surface area contributed by atoms with Gasteiger partial charge in [-0.05, 0) is 30.5 Å². The number of halogens is 1. The van der Waals surface area contributed by atoms with Crippen molar-refractivity contribution in [3.63, 3.8) is 0 Å². The number of likely N-dealkylation sites (tertiary alicyclic amines) is 1. The average molecular weight is 282 g/mol. The minimum absolute atomic E-state index is 0.111. The van der Waals surface area contributed by atoms with Crippen molar-refractivity contribution in [2.24, 2.45) is 5.92 Å². The Balaban J connectivity index is 2.15. The third-order valence-corrected chi connectivity index (χ3v) is 4.15. The van der Waals surface area contributed by atoms with Crippen molar-refractivity contribution in [2.75, 3.05) is 19.5 Å². The summed E-state index contributed by atoms with van der Waals surface area (Å²) in [6, 6.07) is 8.16. The molecule has 0 radical (unpaired) electrons. The largest absolute Gasteiger partial charge is 0.497 e. The molecule has 2 rings (SSSR count). The third-order valence-electron chi connectivity index (χ3n) is 3.69. The molecule has 0 N–H and O–H groups in total. The van der Waals surface area contributed by atoms with Gasteiger partial charge in [0.1, 0.15) is 5.75 Å². The van der Waals surface area contributed by atoms with E-state index in [-0.39, 0.29) is 17.9 Å². The molecule has 1 aliphatic rings. The van der Waals surface area contributed by atoms with Crippen molar-refractivity contribution in [3.05, 3.63) is 29.8 Å². The fourth-order valence-corrected chi connectivity index (χ4v) is 2.68. The SMILES string of the molecule is COc1ccc(C2CCCN2C(=O)C(C)CCl)cc1. The quantitative estimate of drug-likeness (QED) is 0.793. The summed E-state index contributed by atoms with van der Waals surface area (Å²) in [5.74, 6) is 1.27. The van der Waals surface area contributed by atoms with Gasteiger partial charge in [-0.3, -0.25) is 4.79 Å². The van der Waals surface area contributed by atoms with Gasteiger partial charge in [-0.25, -0.2) is 0 Å². The lowest BCUT2D eigenvalue weighted by molar-refractivity contribution is -0.135. The predicted octanol–water partition coefficient (Wildman–Crippen LogP) is 3.23. The minimum Gasteiger partial charge on any atom is -0.497 e.